The van der Waals surface area contributed by atoms with E-state index in [0.29, 0.717) is 27.6 Å². The molecule has 150 valence electrons. The summed E-state index contributed by atoms with van der Waals surface area (Å²) in [6, 6.07) is 14.9. The van der Waals surface area contributed by atoms with Crippen LogP contribution in [0.2, 0.25) is 5.15 Å². The summed E-state index contributed by atoms with van der Waals surface area (Å²) < 4.78 is 20.4. The van der Waals surface area contributed by atoms with Crippen LogP contribution < -0.4 is 0 Å². The lowest BCUT2D eigenvalue weighted by molar-refractivity contribution is -0.138. The highest BCUT2D eigenvalue weighted by Gasteiger charge is 2.19. The van der Waals surface area contributed by atoms with E-state index in [1.165, 1.54) is 22.9 Å². The van der Waals surface area contributed by atoms with E-state index < -0.39 is 11.8 Å². The fourth-order valence-corrected chi connectivity index (χ4v) is 3.19. The van der Waals surface area contributed by atoms with Crippen molar-refractivity contribution in [1.29, 1.82) is 0 Å². The zero-order valence-electron chi connectivity index (χ0n) is 15.8. The molecular weight excluding hydrogens is 409 g/mol. The zero-order chi connectivity index (χ0) is 21.1. The van der Waals surface area contributed by atoms with Crippen molar-refractivity contribution in [3.63, 3.8) is 0 Å². The molecule has 0 saturated carbocycles. The van der Waals surface area contributed by atoms with Crippen molar-refractivity contribution in [2.45, 2.75) is 13.5 Å². The molecule has 0 N–H and O–H groups in total. The van der Waals surface area contributed by atoms with Crippen LogP contribution in [0.4, 0.5) is 4.39 Å². The third kappa shape index (κ3) is 4.18. The number of tetrazole rings is 1. The first-order valence-corrected chi connectivity index (χ1v) is 9.33. The van der Waals surface area contributed by atoms with Gasteiger partial charge in [0.25, 0.3) is 0 Å². The lowest BCUT2D eigenvalue weighted by Crippen LogP contribution is -2.15. The molecule has 0 saturated heterocycles. The second kappa shape index (κ2) is 8.38. The molecule has 2 aromatic carbocycles. The molecule has 0 fully saturated rings. The van der Waals surface area contributed by atoms with E-state index in [-0.39, 0.29) is 12.3 Å². The number of carbonyl (C=O) groups is 1. The number of carbonyl (C=O) groups excluding carboxylic acids is 1. The Balaban J connectivity index is 1.66. The summed E-state index contributed by atoms with van der Waals surface area (Å²) in [4.78, 5) is 17.2. The lowest BCUT2D eigenvalue weighted by Gasteiger charge is -2.11. The van der Waals surface area contributed by atoms with Crippen LogP contribution >= 0.6 is 11.6 Å². The monoisotopic (exact) mass is 423 g/mol. The molecule has 7 nitrogen and oxygen atoms in total. The van der Waals surface area contributed by atoms with Gasteiger partial charge in [-0.2, -0.15) is 4.68 Å². The molecule has 2 heterocycles. The molecule has 0 unspecified atom stereocenters. The van der Waals surface area contributed by atoms with Crippen LogP contribution in [-0.2, 0) is 16.1 Å². The number of aromatic nitrogens is 5. The van der Waals surface area contributed by atoms with Crippen molar-refractivity contribution < 1.29 is 13.9 Å². The average molecular weight is 424 g/mol. The molecule has 0 aliphatic rings. The van der Waals surface area contributed by atoms with Gasteiger partial charge in [0.2, 0.25) is 0 Å². The van der Waals surface area contributed by atoms with E-state index >= 15 is 0 Å². The summed E-state index contributed by atoms with van der Waals surface area (Å²) in [5.74, 6) is -0.721. The molecule has 4 aromatic rings. The topological polar surface area (TPSA) is 82.8 Å². The Hall–Kier alpha value is -3.65. The molecule has 2 aromatic heterocycles. The number of ether oxygens (including phenoxy) is 1. The van der Waals surface area contributed by atoms with Gasteiger partial charge < -0.3 is 4.74 Å². The Labute approximate surface area is 175 Å². The number of hydrogen-bond acceptors (Lipinski definition) is 6. The number of fused-ring (bicyclic) bond motifs is 1. The number of pyridine rings is 1. The molecule has 0 spiro atoms. The summed E-state index contributed by atoms with van der Waals surface area (Å²) >= 11 is 6.10. The lowest BCUT2D eigenvalue weighted by atomic mass is 10.1. The van der Waals surface area contributed by atoms with Crippen molar-refractivity contribution in [1.82, 2.24) is 25.2 Å². The fraction of sp³-hybridized carbons (Fsp3) is 0.0952. The first-order chi connectivity index (χ1) is 14.5. The summed E-state index contributed by atoms with van der Waals surface area (Å²) in [5.41, 5.74) is 1.92. The number of rotatable bonds is 5. The molecule has 0 radical (unpaired) electrons. The van der Waals surface area contributed by atoms with Gasteiger partial charge in [0.15, 0.2) is 11.5 Å². The van der Waals surface area contributed by atoms with Gasteiger partial charge in [-0.05, 0) is 53.3 Å². The molecule has 0 bridgehead atoms. The SMILES string of the molecule is Cc1nnnn1/C(=C\c1cccc(F)c1)C(=O)OCc1cc(Cl)nc2ccccc12. The maximum absolute atomic E-state index is 13.6. The van der Waals surface area contributed by atoms with Gasteiger partial charge in [-0.3, -0.25) is 0 Å². The molecule has 4 rings (SSSR count). The third-order valence-corrected chi connectivity index (χ3v) is 4.54. The number of halogens is 2. The molecule has 0 aliphatic heterocycles. The normalized spacial score (nSPS) is 11.6. The van der Waals surface area contributed by atoms with Crippen molar-refractivity contribution in [3.05, 3.63) is 82.5 Å². The van der Waals surface area contributed by atoms with Gasteiger partial charge >= 0.3 is 5.97 Å². The van der Waals surface area contributed by atoms with Gasteiger partial charge in [0, 0.05) is 10.9 Å². The van der Waals surface area contributed by atoms with Gasteiger partial charge in [0.1, 0.15) is 17.6 Å². The maximum Gasteiger partial charge on any atom is 0.357 e. The van der Waals surface area contributed by atoms with Gasteiger partial charge in [-0.1, -0.05) is 41.9 Å². The Morgan fingerprint density at radius 3 is 2.80 bits per heavy atom. The van der Waals surface area contributed by atoms with Gasteiger partial charge in [0.05, 0.1) is 5.52 Å². The Bertz CT molecular complexity index is 1270. The standard InChI is InChI=1S/C21H15ClFN5O2/c1-13-25-26-27-28(13)19(10-14-5-4-6-16(23)9-14)21(29)30-12-15-11-20(22)24-18-8-3-2-7-17(15)18/h2-11H,12H2,1H3/b19-10-. The van der Waals surface area contributed by atoms with Crippen LogP contribution in [0.1, 0.15) is 17.0 Å². The first-order valence-electron chi connectivity index (χ1n) is 8.95. The summed E-state index contributed by atoms with van der Waals surface area (Å²) in [7, 11) is 0. The average Bonchev–Trinajstić information content (AvgIpc) is 3.15. The highest BCUT2D eigenvalue weighted by atomic mass is 35.5. The Kier molecular flexibility index (Phi) is 5.49. The van der Waals surface area contributed by atoms with Crippen molar-refractivity contribution in [2.24, 2.45) is 0 Å². The number of para-hydroxylation sites is 1. The van der Waals surface area contributed by atoms with E-state index in [1.807, 2.05) is 24.3 Å². The molecule has 0 aliphatic carbocycles. The van der Waals surface area contributed by atoms with Crippen LogP contribution in [0.5, 0.6) is 0 Å². The second-order valence-electron chi connectivity index (χ2n) is 6.42. The summed E-state index contributed by atoms with van der Waals surface area (Å²) in [5, 5.41) is 12.3. The number of aryl methyl sites for hydroxylation is 1. The van der Waals surface area contributed by atoms with E-state index in [0.717, 1.165) is 5.39 Å². The highest BCUT2D eigenvalue weighted by Crippen LogP contribution is 2.22. The van der Waals surface area contributed by atoms with E-state index in [1.54, 1.807) is 25.1 Å². The summed E-state index contributed by atoms with van der Waals surface area (Å²) in [6.45, 7) is 1.60. The first kappa shape index (κ1) is 19.7. The smallest absolute Gasteiger partial charge is 0.357 e. The third-order valence-electron chi connectivity index (χ3n) is 4.34. The van der Waals surface area contributed by atoms with Crippen molar-refractivity contribution in [3.8, 4) is 0 Å². The number of hydrogen-bond donors (Lipinski definition) is 0. The largest absolute Gasteiger partial charge is 0.456 e. The van der Waals surface area contributed by atoms with E-state index in [9.17, 15) is 9.18 Å². The molecule has 30 heavy (non-hydrogen) atoms. The van der Waals surface area contributed by atoms with Crippen LogP contribution in [0.25, 0.3) is 22.7 Å². The van der Waals surface area contributed by atoms with Gasteiger partial charge in [-0.25, -0.2) is 14.2 Å². The highest BCUT2D eigenvalue weighted by molar-refractivity contribution is 6.30. The van der Waals surface area contributed by atoms with E-state index in [4.69, 9.17) is 16.3 Å². The van der Waals surface area contributed by atoms with Crippen LogP contribution in [0.3, 0.4) is 0 Å². The number of benzene rings is 2. The summed E-state index contributed by atoms with van der Waals surface area (Å²) in [6.07, 6.45) is 1.46. The predicted molar refractivity (Wildman–Crippen MR) is 110 cm³/mol. The maximum atomic E-state index is 13.6. The van der Waals surface area contributed by atoms with E-state index in [2.05, 4.69) is 20.5 Å². The predicted octanol–water partition coefficient (Wildman–Crippen LogP) is 4.06. The van der Waals surface area contributed by atoms with Crippen LogP contribution in [0.15, 0.2) is 54.6 Å². The van der Waals surface area contributed by atoms with Crippen molar-refractivity contribution >= 4 is 40.2 Å². The van der Waals surface area contributed by atoms with Gasteiger partial charge in [-0.15, -0.1) is 5.10 Å². The molecule has 9 heteroatoms. The minimum absolute atomic E-state index is 0.0384. The Morgan fingerprint density at radius 2 is 2.03 bits per heavy atom. The quantitative estimate of drug-likeness (QED) is 0.273. The molecular formula is C21H15ClFN5O2. The second-order valence-corrected chi connectivity index (χ2v) is 6.81. The molecule has 0 atom stereocenters. The minimum Gasteiger partial charge on any atom is -0.456 e. The Morgan fingerprint density at radius 1 is 1.20 bits per heavy atom. The molecule has 0 amide bonds. The van der Waals surface area contributed by atoms with Crippen LogP contribution in [0, 0.1) is 12.7 Å². The van der Waals surface area contributed by atoms with Crippen molar-refractivity contribution in [2.75, 3.05) is 0 Å². The number of nitrogens with zero attached hydrogens (tertiary/aromatic N) is 5. The fourth-order valence-electron chi connectivity index (χ4n) is 2.96. The minimum atomic E-state index is -0.674. The number of esters is 1. The van der Waals surface area contributed by atoms with Crippen LogP contribution in [-0.4, -0.2) is 31.2 Å². The zero-order valence-corrected chi connectivity index (χ0v) is 16.5.